The van der Waals surface area contributed by atoms with Crippen LogP contribution >= 0.6 is 0 Å². The summed E-state index contributed by atoms with van der Waals surface area (Å²) in [6, 6.07) is 6.58. The first kappa shape index (κ1) is 12.3. The van der Waals surface area contributed by atoms with Crippen LogP contribution in [0.4, 0.5) is 11.4 Å². The molecule has 94 valence electrons. The summed E-state index contributed by atoms with van der Waals surface area (Å²) < 4.78 is 5.30. The van der Waals surface area contributed by atoms with Crippen LogP contribution in [-0.2, 0) is 4.74 Å². The number of benzene rings is 1. The summed E-state index contributed by atoms with van der Waals surface area (Å²) in [4.78, 5) is 12.1. The molecule has 0 saturated carbocycles. The highest BCUT2D eigenvalue weighted by molar-refractivity contribution is 5.63. The van der Waals surface area contributed by atoms with Crippen molar-refractivity contribution in [1.29, 1.82) is 5.26 Å². The minimum absolute atomic E-state index is 0.0635. The average molecular weight is 247 g/mol. The molecule has 6 heteroatoms. The fourth-order valence-electron chi connectivity index (χ4n) is 2.06. The van der Waals surface area contributed by atoms with Crippen LogP contribution in [0.15, 0.2) is 18.2 Å². The molecule has 0 N–H and O–H groups in total. The summed E-state index contributed by atoms with van der Waals surface area (Å²) in [7, 11) is 1.88. The summed E-state index contributed by atoms with van der Waals surface area (Å²) in [6.07, 6.45) is 0.901. The van der Waals surface area contributed by atoms with Gasteiger partial charge in [-0.2, -0.15) is 5.26 Å². The van der Waals surface area contributed by atoms with Crippen molar-refractivity contribution >= 4 is 11.4 Å². The first-order chi connectivity index (χ1) is 8.63. The fourth-order valence-corrected chi connectivity index (χ4v) is 2.06. The number of nitrogens with zero attached hydrogens (tertiary/aromatic N) is 3. The van der Waals surface area contributed by atoms with Gasteiger partial charge in [0.1, 0.15) is 6.07 Å². The SMILES string of the molecule is CN(c1ccc([N+](=O)[O-])cc1C#N)C1CCOC1. The molecule has 1 aliphatic rings. The summed E-state index contributed by atoms with van der Waals surface area (Å²) >= 11 is 0. The highest BCUT2D eigenvalue weighted by Crippen LogP contribution is 2.27. The maximum Gasteiger partial charge on any atom is 0.270 e. The van der Waals surface area contributed by atoms with E-state index in [0.717, 1.165) is 6.42 Å². The van der Waals surface area contributed by atoms with Crippen molar-refractivity contribution < 1.29 is 9.66 Å². The first-order valence-corrected chi connectivity index (χ1v) is 5.62. The van der Waals surface area contributed by atoms with Gasteiger partial charge in [0.2, 0.25) is 0 Å². The number of ether oxygens (including phenoxy) is 1. The number of non-ortho nitro benzene ring substituents is 1. The molecule has 1 atom stereocenters. The molecule has 1 aromatic carbocycles. The monoisotopic (exact) mass is 247 g/mol. The molecule has 2 rings (SSSR count). The molecule has 0 bridgehead atoms. The molecule has 1 fully saturated rings. The van der Waals surface area contributed by atoms with Crippen molar-refractivity contribution in [2.24, 2.45) is 0 Å². The molecule has 0 aromatic heterocycles. The molecule has 1 unspecified atom stereocenters. The Bertz CT molecular complexity index is 504. The first-order valence-electron chi connectivity index (χ1n) is 5.62. The lowest BCUT2D eigenvalue weighted by molar-refractivity contribution is -0.384. The predicted molar refractivity (Wildman–Crippen MR) is 65.4 cm³/mol. The smallest absolute Gasteiger partial charge is 0.270 e. The lowest BCUT2D eigenvalue weighted by atomic mass is 10.1. The van der Waals surface area contributed by atoms with E-state index in [-0.39, 0.29) is 11.7 Å². The van der Waals surface area contributed by atoms with Gasteiger partial charge in [-0.15, -0.1) is 0 Å². The number of rotatable bonds is 3. The summed E-state index contributed by atoms with van der Waals surface area (Å²) in [5.41, 5.74) is 0.962. The Hall–Kier alpha value is -2.13. The van der Waals surface area contributed by atoms with Gasteiger partial charge in [-0.1, -0.05) is 0 Å². The number of nitro groups is 1. The van der Waals surface area contributed by atoms with E-state index in [0.29, 0.717) is 24.5 Å². The Morgan fingerprint density at radius 3 is 2.94 bits per heavy atom. The Morgan fingerprint density at radius 1 is 1.61 bits per heavy atom. The lowest BCUT2D eigenvalue weighted by Gasteiger charge is -2.26. The van der Waals surface area contributed by atoms with Crippen molar-refractivity contribution in [1.82, 2.24) is 0 Å². The zero-order chi connectivity index (χ0) is 13.1. The summed E-state index contributed by atoms with van der Waals surface area (Å²) in [5, 5.41) is 19.8. The minimum Gasteiger partial charge on any atom is -0.379 e. The third-order valence-corrected chi connectivity index (χ3v) is 3.14. The van der Waals surface area contributed by atoms with E-state index in [9.17, 15) is 10.1 Å². The van der Waals surface area contributed by atoms with Gasteiger partial charge >= 0.3 is 0 Å². The number of hydrogen-bond donors (Lipinski definition) is 0. The fraction of sp³-hybridized carbons (Fsp3) is 0.417. The number of likely N-dealkylation sites (N-methyl/N-ethyl adjacent to an activating group) is 1. The van der Waals surface area contributed by atoms with Gasteiger partial charge in [0.15, 0.2) is 0 Å². The molecule has 0 radical (unpaired) electrons. The second kappa shape index (κ2) is 5.02. The highest BCUT2D eigenvalue weighted by Gasteiger charge is 2.23. The molecule has 0 amide bonds. The van der Waals surface area contributed by atoms with E-state index in [2.05, 4.69) is 0 Å². The second-order valence-electron chi connectivity index (χ2n) is 4.20. The largest absolute Gasteiger partial charge is 0.379 e. The maximum absolute atomic E-state index is 10.7. The number of anilines is 1. The molecular formula is C12H13N3O3. The van der Waals surface area contributed by atoms with Crippen molar-refractivity contribution in [2.45, 2.75) is 12.5 Å². The Labute approximate surface area is 105 Å². The van der Waals surface area contributed by atoms with Crippen LogP contribution in [0, 0.1) is 21.4 Å². The number of nitro benzene ring substituents is 1. The van der Waals surface area contributed by atoms with Gasteiger partial charge in [-0.3, -0.25) is 10.1 Å². The molecular weight excluding hydrogens is 234 g/mol. The van der Waals surface area contributed by atoms with Crippen molar-refractivity contribution in [3.63, 3.8) is 0 Å². The normalized spacial score (nSPS) is 18.3. The van der Waals surface area contributed by atoms with Gasteiger partial charge in [-0.05, 0) is 12.5 Å². The summed E-state index contributed by atoms with van der Waals surface area (Å²) in [6.45, 7) is 1.34. The molecule has 1 saturated heterocycles. The van der Waals surface area contributed by atoms with Gasteiger partial charge in [-0.25, -0.2) is 0 Å². The van der Waals surface area contributed by atoms with Gasteiger partial charge in [0, 0.05) is 25.8 Å². The van der Waals surface area contributed by atoms with E-state index < -0.39 is 4.92 Å². The Kier molecular flexibility index (Phi) is 3.44. The Morgan fingerprint density at radius 2 is 2.39 bits per heavy atom. The standard InChI is InChI=1S/C12H13N3O3/c1-14(11-4-5-18-8-11)12-3-2-10(15(16)17)6-9(12)7-13/h2-3,6,11H,4-5,8H2,1H3. The highest BCUT2D eigenvalue weighted by atomic mass is 16.6. The summed E-state index contributed by atoms with van der Waals surface area (Å²) in [5.74, 6) is 0. The van der Waals surface area contributed by atoms with Crippen molar-refractivity contribution in [3.8, 4) is 6.07 Å². The van der Waals surface area contributed by atoms with Gasteiger partial charge in [0.05, 0.1) is 28.8 Å². The topological polar surface area (TPSA) is 79.4 Å². The second-order valence-corrected chi connectivity index (χ2v) is 4.20. The molecule has 0 spiro atoms. The average Bonchev–Trinajstić information content (AvgIpc) is 2.90. The van der Waals surface area contributed by atoms with E-state index in [1.54, 1.807) is 6.07 Å². The molecule has 0 aliphatic carbocycles. The number of hydrogen-bond acceptors (Lipinski definition) is 5. The van der Waals surface area contributed by atoms with E-state index in [1.807, 2.05) is 18.0 Å². The molecule has 1 heterocycles. The quantitative estimate of drug-likeness (QED) is 0.599. The van der Waals surface area contributed by atoms with E-state index in [1.165, 1.54) is 12.1 Å². The predicted octanol–water partition coefficient (Wildman–Crippen LogP) is 1.69. The minimum atomic E-state index is -0.497. The van der Waals surface area contributed by atoms with Crippen molar-refractivity contribution in [2.75, 3.05) is 25.2 Å². The van der Waals surface area contributed by atoms with Crippen LogP contribution in [0.5, 0.6) is 0 Å². The number of nitriles is 1. The molecule has 6 nitrogen and oxygen atoms in total. The molecule has 18 heavy (non-hydrogen) atoms. The van der Waals surface area contributed by atoms with E-state index in [4.69, 9.17) is 10.00 Å². The zero-order valence-electron chi connectivity index (χ0n) is 10.00. The third kappa shape index (κ3) is 2.26. The molecule has 1 aromatic rings. The lowest BCUT2D eigenvalue weighted by Crippen LogP contribution is -2.32. The van der Waals surface area contributed by atoms with Crippen LogP contribution in [0.1, 0.15) is 12.0 Å². The van der Waals surface area contributed by atoms with Gasteiger partial charge in [0.25, 0.3) is 5.69 Å². The zero-order valence-corrected chi connectivity index (χ0v) is 10.00. The van der Waals surface area contributed by atoms with Crippen LogP contribution in [0.2, 0.25) is 0 Å². The van der Waals surface area contributed by atoms with Crippen LogP contribution < -0.4 is 4.90 Å². The van der Waals surface area contributed by atoms with Crippen molar-refractivity contribution in [3.05, 3.63) is 33.9 Å². The van der Waals surface area contributed by atoms with Gasteiger partial charge < -0.3 is 9.64 Å². The van der Waals surface area contributed by atoms with Crippen LogP contribution in [-0.4, -0.2) is 31.2 Å². The Balaban J connectivity index is 2.32. The van der Waals surface area contributed by atoms with Crippen LogP contribution in [0.25, 0.3) is 0 Å². The molecule has 1 aliphatic heterocycles. The third-order valence-electron chi connectivity index (χ3n) is 3.14. The van der Waals surface area contributed by atoms with E-state index >= 15 is 0 Å². The van der Waals surface area contributed by atoms with Crippen LogP contribution in [0.3, 0.4) is 0 Å². The maximum atomic E-state index is 10.7.